The summed E-state index contributed by atoms with van der Waals surface area (Å²) in [4.78, 5) is 17.6. The van der Waals surface area contributed by atoms with Crippen LogP contribution in [0.3, 0.4) is 0 Å². The molecule has 2 aliphatic rings. The molecule has 134 valence electrons. The van der Waals surface area contributed by atoms with Crippen molar-refractivity contribution in [2.45, 2.75) is 51.3 Å². The van der Waals surface area contributed by atoms with Crippen molar-refractivity contribution in [2.75, 3.05) is 6.54 Å². The number of aryl methyl sites for hydroxylation is 1. The Morgan fingerprint density at radius 1 is 1.15 bits per heavy atom. The molecular weight excluding hydrogens is 328 g/mol. The highest BCUT2D eigenvalue weighted by Crippen LogP contribution is 2.35. The molecule has 0 aromatic carbocycles. The summed E-state index contributed by atoms with van der Waals surface area (Å²) in [6, 6.07) is 2.52. The maximum atomic E-state index is 6.30. The first-order valence-electron chi connectivity index (χ1n) is 9.28. The second-order valence-electron chi connectivity index (χ2n) is 7.16. The highest BCUT2D eigenvalue weighted by Gasteiger charge is 2.30. The maximum Gasteiger partial charge on any atom is 0.221 e. The zero-order chi connectivity index (χ0) is 17.5. The first kappa shape index (κ1) is 15.7. The number of ether oxygens (including phenoxy) is 1. The summed E-state index contributed by atoms with van der Waals surface area (Å²) in [6.07, 6.45) is 9.62. The van der Waals surface area contributed by atoms with E-state index in [0.29, 0.717) is 6.04 Å². The molecule has 7 heteroatoms. The van der Waals surface area contributed by atoms with Crippen LogP contribution in [0, 0.1) is 6.92 Å². The summed E-state index contributed by atoms with van der Waals surface area (Å²) in [7, 11) is 0. The minimum atomic E-state index is 0.182. The molecule has 1 saturated carbocycles. The van der Waals surface area contributed by atoms with Crippen molar-refractivity contribution in [1.29, 1.82) is 0 Å². The van der Waals surface area contributed by atoms with E-state index in [1.165, 1.54) is 0 Å². The van der Waals surface area contributed by atoms with Crippen molar-refractivity contribution >= 4 is 11.0 Å². The number of nitrogens with zero attached hydrogens (tertiary/aromatic N) is 5. The molecule has 7 nitrogen and oxygen atoms in total. The fraction of sp³-hybridized carbons (Fsp3) is 0.474. The lowest BCUT2D eigenvalue weighted by Gasteiger charge is -2.21. The molecule has 0 radical (unpaired) electrons. The van der Waals surface area contributed by atoms with E-state index in [9.17, 15) is 0 Å². The molecule has 3 aromatic heterocycles. The molecule has 5 rings (SSSR count). The van der Waals surface area contributed by atoms with Gasteiger partial charge in [0.1, 0.15) is 24.4 Å². The lowest BCUT2D eigenvalue weighted by molar-refractivity contribution is 0.192. The largest absolute Gasteiger partial charge is 0.474 e. The Bertz CT molecular complexity index is 952. The molecule has 1 N–H and O–H groups in total. The van der Waals surface area contributed by atoms with Crippen LogP contribution in [0.1, 0.15) is 42.3 Å². The second-order valence-corrected chi connectivity index (χ2v) is 7.16. The van der Waals surface area contributed by atoms with Crippen LogP contribution in [-0.2, 0) is 13.0 Å². The van der Waals surface area contributed by atoms with Crippen molar-refractivity contribution in [3.8, 4) is 5.88 Å². The molecule has 0 spiro atoms. The highest BCUT2D eigenvalue weighted by molar-refractivity contribution is 5.78. The molecule has 4 heterocycles. The summed E-state index contributed by atoms with van der Waals surface area (Å²) in [6.45, 7) is 3.79. The van der Waals surface area contributed by atoms with E-state index in [1.54, 1.807) is 12.7 Å². The van der Waals surface area contributed by atoms with Gasteiger partial charge in [0.25, 0.3) is 0 Å². The zero-order valence-corrected chi connectivity index (χ0v) is 14.9. The topological polar surface area (TPSA) is 77.8 Å². The average molecular weight is 350 g/mol. The van der Waals surface area contributed by atoms with Gasteiger partial charge in [-0.25, -0.2) is 19.9 Å². The Kier molecular flexibility index (Phi) is 3.81. The fourth-order valence-corrected chi connectivity index (χ4v) is 4.17. The van der Waals surface area contributed by atoms with E-state index in [4.69, 9.17) is 4.74 Å². The summed E-state index contributed by atoms with van der Waals surface area (Å²) in [5.41, 5.74) is 4.29. The zero-order valence-electron chi connectivity index (χ0n) is 14.9. The van der Waals surface area contributed by atoms with Gasteiger partial charge in [-0.05, 0) is 25.8 Å². The fourth-order valence-electron chi connectivity index (χ4n) is 4.17. The first-order valence-corrected chi connectivity index (χ1v) is 9.28. The van der Waals surface area contributed by atoms with Gasteiger partial charge >= 0.3 is 0 Å². The molecule has 26 heavy (non-hydrogen) atoms. The monoisotopic (exact) mass is 350 g/mol. The summed E-state index contributed by atoms with van der Waals surface area (Å²) in [5.74, 6) is 0.753. The minimum Gasteiger partial charge on any atom is -0.474 e. The highest BCUT2D eigenvalue weighted by atomic mass is 16.5. The number of nitrogens with one attached hydrogen (secondary N) is 1. The number of fused-ring (bicyclic) bond motifs is 2. The summed E-state index contributed by atoms with van der Waals surface area (Å²) < 4.78 is 8.58. The maximum absolute atomic E-state index is 6.30. The number of rotatable bonds is 3. The SMILES string of the molecule is Cc1ncnc2c1ccn2[C@H]1CC[C@@H](Oc2ncnc3c2CNCC3)C1. The molecule has 3 aromatic rings. The quantitative estimate of drug-likeness (QED) is 0.781. The van der Waals surface area contributed by atoms with Gasteiger partial charge in [0.05, 0.1) is 11.4 Å². The van der Waals surface area contributed by atoms with Crippen molar-refractivity contribution in [3.05, 3.63) is 41.9 Å². The van der Waals surface area contributed by atoms with Gasteiger partial charge in [0, 0.05) is 49.1 Å². The first-order chi connectivity index (χ1) is 12.8. The molecule has 0 unspecified atom stereocenters. The van der Waals surface area contributed by atoms with Gasteiger partial charge in [-0.2, -0.15) is 0 Å². The van der Waals surface area contributed by atoms with Gasteiger partial charge in [0.2, 0.25) is 5.88 Å². The number of aromatic nitrogens is 5. The van der Waals surface area contributed by atoms with Crippen molar-refractivity contribution < 1.29 is 4.74 Å². The van der Waals surface area contributed by atoms with Crippen molar-refractivity contribution in [2.24, 2.45) is 0 Å². The summed E-state index contributed by atoms with van der Waals surface area (Å²) in [5, 5.41) is 4.52. The van der Waals surface area contributed by atoms with E-state index < -0.39 is 0 Å². The Morgan fingerprint density at radius 2 is 2.08 bits per heavy atom. The second kappa shape index (κ2) is 6.32. The van der Waals surface area contributed by atoms with Gasteiger partial charge in [0.15, 0.2) is 0 Å². The summed E-state index contributed by atoms with van der Waals surface area (Å²) >= 11 is 0. The van der Waals surface area contributed by atoms with Crippen LogP contribution >= 0.6 is 0 Å². The van der Waals surface area contributed by atoms with Crippen LogP contribution in [0.4, 0.5) is 0 Å². The minimum absolute atomic E-state index is 0.182. The molecule has 2 atom stereocenters. The molecule has 1 aliphatic carbocycles. The third-order valence-electron chi connectivity index (χ3n) is 5.57. The lowest BCUT2D eigenvalue weighted by atomic mass is 10.1. The van der Waals surface area contributed by atoms with Crippen LogP contribution in [0.25, 0.3) is 11.0 Å². The predicted molar refractivity (Wildman–Crippen MR) is 97.0 cm³/mol. The molecular formula is C19H22N6O. The van der Waals surface area contributed by atoms with Gasteiger partial charge in [-0.15, -0.1) is 0 Å². The van der Waals surface area contributed by atoms with E-state index in [1.807, 2.05) is 6.92 Å². The molecule has 1 aliphatic heterocycles. The molecule has 0 amide bonds. The molecule has 0 saturated heterocycles. The van der Waals surface area contributed by atoms with Crippen LogP contribution < -0.4 is 10.1 Å². The van der Waals surface area contributed by atoms with Crippen molar-refractivity contribution in [3.63, 3.8) is 0 Å². The molecule has 0 bridgehead atoms. The number of hydrogen-bond donors (Lipinski definition) is 1. The van der Waals surface area contributed by atoms with E-state index in [0.717, 1.165) is 72.6 Å². The van der Waals surface area contributed by atoms with Gasteiger partial charge in [-0.3, -0.25) is 0 Å². The average Bonchev–Trinajstić information content (AvgIpc) is 3.29. The lowest BCUT2D eigenvalue weighted by Crippen LogP contribution is -2.26. The third kappa shape index (κ3) is 2.63. The van der Waals surface area contributed by atoms with Gasteiger partial charge in [-0.1, -0.05) is 0 Å². The Balaban J connectivity index is 1.36. The van der Waals surface area contributed by atoms with Crippen LogP contribution in [0.2, 0.25) is 0 Å². The smallest absolute Gasteiger partial charge is 0.221 e. The van der Waals surface area contributed by atoms with E-state index in [-0.39, 0.29) is 6.10 Å². The van der Waals surface area contributed by atoms with E-state index >= 15 is 0 Å². The number of hydrogen-bond acceptors (Lipinski definition) is 6. The van der Waals surface area contributed by atoms with Gasteiger partial charge < -0.3 is 14.6 Å². The van der Waals surface area contributed by atoms with Crippen molar-refractivity contribution in [1.82, 2.24) is 29.8 Å². The van der Waals surface area contributed by atoms with E-state index in [2.05, 4.69) is 42.1 Å². The third-order valence-corrected chi connectivity index (χ3v) is 5.57. The standard InChI is InChI=1S/C19H22N6O/c1-12-15-5-7-25(18(15)23-10-21-12)13-2-3-14(8-13)26-19-16-9-20-6-4-17(16)22-11-24-19/h5,7,10-11,13-14,20H,2-4,6,8-9H2,1H3/t13-,14+/m0/s1. The van der Waals surface area contributed by atoms with Crippen LogP contribution in [0.15, 0.2) is 24.9 Å². The Labute approximate surface area is 151 Å². The van der Waals surface area contributed by atoms with Crippen LogP contribution in [-0.4, -0.2) is 37.2 Å². The Hall–Kier alpha value is -2.54. The normalized spacial score (nSPS) is 22.5. The molecule has 1 fully saturated rings. The Morgan fingerprint density at radius 3 is 3.04 bits per heavy atom. The van der Waals surface area contributed by atoms with Crippen LogP contribution in [0.5, 0.6) is 5.88 Å². The predicted octanol–water partition coefficient (Wildman–Crippen LogP) is 2.35.